The average Bonchev–Trinajstić information content (AvgIpc) is 2.34. The highest BCUT2D eigenvalue weighted by atomic mass is 19.4. The number of carbonyl (C=O) groups excluding carboxylic acids is 1. The molecule has 1 aliphatic heterocycles. The number of hydrogen-bond acceptors (Lipinski definition) is 4. The van der Waals surface area contributed by atoms with Gasteiger partial charge in [-0.2, -0.15) is 13.2 Å². The minimum atomic E-state index is -4.54. The Morgan fingerprint density at radius 2 is 1.83 bits per heavy atom. The van der Waals surface area contributed by atoms with E-state index < -0.39 is 18.3 Å². The molecule has 18 heavy (non-hydrogen) atoms. The first-order valence-electron chi connectivity index (χ1n) is 5.05. The Labute approximate surface area is 100 Å². The summed E-state index contributed by atoms with van der Waals surface area (Å²) >= 11 is 0. The van der Waals surface area contributed by atoms with E-state index >= 15 is 0 Å². The average molecular weight is 259 g/mol. The molecule has 0 radical (unpaired) electrons. The lowest BCUT2D eigenvalue weighted by atomic mass is 10.1. The Morgan fingerprint density at radius 3 is 2.39 bits per heavy atom. The van der Waals surface area contributed by atoms with E-state index in [1.807, 2.05) is 0 Å². The summed E-state index contributed by atoms with van der Waals surface area (Å²) in [7, 11) is 0. The van der Waals surface area contributed by atoms with Crippen LogP contribution in [0.5, 0.6) is 11.5 Å². The van der Waals surface area contributed by atoms with Crippen LogP contribution in [0.3, 0.4) is 0 Å². The van der Waals surface area contributed by atoms with E-state index in [-0.39, 0.29) is 30.3 Å². The smallest absolute Gasteiger partial charge is 0.416 e. The van der Waals surface area contributed by atoms with Crippen molar-refractivity contribution in [3.05, 3.63) is 23.3 Å². The van der Waals surface area contributed by atoms with Crippen LogP contribution in [-0.2, 0) is 17.5 Å². The first-order valence-corrected chi connectivity index (χ1v) is 5.05. The molecule has 1 aromatic carbocycles. The highest BCUT2D eigenvalue weighted by Gasteiger charge is 2.35. The molecule has 0 aromatic heterocycles. The van der Waals surface area contributed by atoms with Gasteiger partial charge in [-0.15, -0.1) is 0 Å². The van der Waals surface area contributed by atoms with Crippen LogP contribution in [0, 0.1) is 0 Å². The van der Waals surface area contributed by atoms with Gasteiger partial charge >= 0.3 is 6.18 Å². The Hall–Kier alpha value is -2.01. The van der Waals surface area contributed by atoms with E-state index in [1.54, 1.807) is 0 Å². The Morgan fingerprint density at radius 1 is 1.22 bits per heavy atom. The van der Waals surface area contributed by atoms with E-state index in [0.29, 0.717) is 0 Å². The monoisotopic (exact) mass is 259 g/mol. The minimum Gasteiger partial charge on any atom is -0.486 e. The number of ether oxygens (including phenoxy) is 2. The molecule has 0 saturated carbocycles. The van der Waals surface area contributed by atoms with Crippen molar-refractivity contribution < 1.29 is 27.4 Å². The quantitative estimate of drug-likeness (QED) is 0.605. The lowest BCUT2D eigenvalue weighted by Gasteiger charge is -2.21. The molecule has 2 rings (SSSR count). The van der Waals surface area contributed by atoms with E-state index in [4.69, 9.17) is 9.47 Å². The Balaban J connectivity index is 2.50. The number of aliphatic imine (C=N–C) groups is 1. The maximum atomic E-state index is 12.8. The first kappa shape index (κ1) is 12.4. The van der Waals surface area contributed by atoms with Crippen molar-refractivity contribution in [2.75, 3.05) is 13.2 Å². The molecule has 4 nitrogen and oxygen atoms in total. The molecule has 0 atom stereocenters. The Bertz CT molecular complexity index is 507. The SMILES string of the molecule is O=C=NCc1cc2c(cc1C(F)(F)F)OCCO2. The molecule has 7 heteroatoms. The van der Waals surface area contributed by atoms with Crippen LogP contribution in [0.1, 0.15) is 11.1 Å². The van der Waals surface area contributed by atoms with Crippen molar-refractivity contribution in [1.82, 2.24) is 0 Å². The van der Waals surface area contributed by atoms with Crippen LogP contribution in [-0.4, -0.2) is 19.3 Å². The molecule has 0 spiro atoms. The fraction of sp³-hybridized carbons (Fsp3) is 0.364. The fourth-order valence-corrected chi connectivity index (χ4v) is 1.64. The summed E-state index contributed by atoms with van der Waals surface area (Å²) in [5.74, 6) is 0.276. The molecular formula is C11H8F3NO3. The summed E-state index contributed by atoms with van der Waals surface area (Å²) in [6, 6.07) is 2.06. The summed E-state index contributed by atoms with van der Waals surface area (Å²) < 4.78 is 48.7. The Kier molecular flexibility index (Phi) is 3.25. The fourth-order valence-electron chi connectivity index (χ4n) is 1.64. The molecule has 0 N–H and O–H groups in total. The highest BCUT2D eigenvalue weighted by molar-refractivity contribution is 5.49. The van der Waals surface area contributed by atoms with Gasteiger partial charge in [0.1, 0.15) is 13.2 Å². The normalized spacial score (nSPS) is 13.9. The summed E-state index contributed by atoms with van der Waals surface area (Å²) in [6.07, 6.45) is -3.33. The predicted octanol–water partition coefficient (Wildman–Crippen LogP) is 2.31. The molecule has 0 fully saturated rings. The van der Waals surface area contributed by atoms with E-state index in [2.05, 4.69) is 4.99 Å². The minimum absolute atomic E-state index is 0.0485. The summed E-state index contributed by atoms with van der Waals surface area (Å²) in [4.78, 5) is 13.2. The number of rotatable bonds is 2. The summed E-state index contributed by atoms with van der Waals surface area (Å²) in [5, 5.41) is 0. The zero-order chi connectivity index (χ0) is 13.2. The number of halogens is 3. The summed E-state index contributed by atoms with van der Waals surface area (Å²) in [5.41, 5.74) is -1.03. The van der Waals surface area contributed by atoms with Gasteiger partial charge in [0.05, 0.1) is 12.1 Å². The maximum Gasteiger partial charge on any atom is 0.416 e. The molecule has 0 unspecified atom stereocenters. The van der Waals surface area contributed by atoms with Crippen LogP contribution in [0.15, 0.2) is 17.1 Å². The first-order chi connectivity index (χ1) is 8.52. The van der Waals surface area contributed by atoms with Crippen LogP contribution < -0.4 is 9.47 Å². The van der Waals surface area contributed by atoms with Gasteiger partial charge in [0.2, 0.25) is 6.08 Å². The third-order valence-electron chi connectivity index (χ3n) is 2.39. The molecule has 0 aliphatic carbocycles. The molecule has 96 valence electrons. The van der Waals surface area contributed by atoms with Gasteiger partial charge in [0.25, 0.3) is 0 Å². The maximum absolute atomic E-state index is 12.8. The van der Waals surface area contributed by atoms with Crippen molar-refractivity contribution in [2.24, 2.45) is 4.99 Å². The number of hydrogen-bond donors (Lipinski definition) is 0. The van der Waals surface area contributed by atoms with Crippen molar-refractivity contribution in [3.63, 3.8) is 0 Å². The van der Waals surface area contributed by atoms with Crippen LogP contribution in [0.25, 0.3) is 0 Å². The number of isocyanates is 1. The van der Waals surface area contributed by atoms with Crippen molar-refractivity contribution in [1.29, 1.82) is 0 Å². The molecule has 1 aliphatic rings. The van der Waals surface area contributed by atoms with Crippen LogP contribution in [0.4, 0.5) is 13.2 Å². The molecule has 1 aromatic rings. The number of nitrogens with zero attached hydrogens (tertiary/aromatic N) is 1. The summed E-state index contributed by atoms with van der Waals surface area (Å²) in [6.45, 7) is 0.0832. The van der Waals surface area contributed by atoms with Gasteiger partial charge in [-0.05, 0) is 17.7 Å². The topological polar surface area (TPSA) is 47.9 Å². The van der Waals surface area contributed by atoms with Gasteiger partial charge in [-0.25, -0.2) is 9.79 Å². The second-order valence-electron chi connectivity index (χ2n) is 3.56. The van der Waals surface area contributed by atoms with Gasteiger partial charge in [-0.3, -0.25) is 0 Å². The molecular weight excluding hydrogens is 251 g/mol. The van der Waals surface area contributed by atoms with Crippen molar-refractivity contribution in [3.8, 4) is 11.5 Å². The molecule has 0 saturated heterocycles. The second kappa shape index (κ2) is 4.70. The van der Waals surface area contributed by atoms with Crippen LogP contribution in [0.2, 0.25) is 0 Å². The van der Waals surface area contributed by atoms with E-state index in [9.17, 15) is 18.0 Å². The third-order valence-corrected chi connectivity index (χ3v) is 2.39. The number of alkyl halides is 3. The van der Waals surface area contributed by atoms with E-state index in [1.165, 1.54) is 12.1 Å². The van der Waals surface area contributed by atoms with Gasteiger partial charge < -0.3 is 9.47 Å². The molecule has 1 heterocycles. The highest BCUT2D eigenvalue weighted by Crippen LogP contribution is 2.40. The van der Waals surface area contributed by atoms with Crippen molar-refractivity contribution >= 4 is 6.08 Å². The lowest BCUT2D eigenvalue weighted by molar-refractivity contribution is -0.138. The molecule has 0 bridgehead atoms. The molecule has 0 amide bonds. The second-order valence-corrected chi connectivity index (χ2v) is 3.56. The standard InChI is InChI=1S/C11H8F3NO3/c12-11(13,14)8-4-10-9(17-1-2-18-10)3-7(8)5-15-6-16/h3-4H,1-2,5H2. The lowest BCUT2D eigenvalue weighted by Crippen LogP contribution is -2.17. The number of benzene rings is 1. The van der Waals surface area contributed by atoms with Gasteiger partial charge in [0, 0.05) is 0 Å². The number of fused-ring (bicyclic) bond motifs is 1. The van der Waals surface area contributed by atoms with Gasteiger partial charge in [0.15, 0.2) is 11.5 Å². The van der Waals surface area contributed by atoms with Crippen molar-refractivity contribution in [2.45, 2.75) is 12.7 Å². The zero-order valence-electron chi connectivity index (χ0n) is 9.08. The largest absolute Gasteiger partial charge is 0.486 e. The zero-order valence-corrected chi connectivity index (χ0v) is 9.08. The van der Waals surface area contributed by atoms with Gasteiger partial charge in [-0.1, -0.05) is 0 Å². The predicted molar refractivity (Wildman–Crippen MR) is 54.3 cm³/mol. The van der Waals surface area contributed by atoms with Crippen LogP contribution >= 0.6 is 0 Å². The van der Waals surface area contributed by atoms with E-state index in [0.717, 1.165) is 6.07 Å². The third kappa shape index (κ3) is 2.46.